The summed E-state index contributed by atoms with van der Waals surface area (Å²) in [6.45, 7) is 4.04. The van der Waals surface area contributed by atoms with E-state index in [0.29, 0.717) is 5.56 Å². The molecule has 0 aliphatic carbocycles. The first-order valence-electron chi connectivity index (χ1n) is 6.20. The molecule has 0 saturated heterocycles. The number of benzene rings is 2. The third-order valence-electron chi connectivity index (χ3n) is 3.08. The normalized spacial score (nSPS) is 12.8. The molecule has 0 nitrogen and oxygen atoms in total. The summed E-state index contributed by atoms with van der Waals surface area (Å²) in [5.41, 5.74) is 2.58. The maximum atomic E-state index is 14.1. The molecule has 92 valence electrons. The lowest BCUT2D eigenvalue weighted by atomic mass is 9.96. The Labute approximate surface area is 108 Å². The molecular weight excluding hydrogens is 223 g/mol. The first kappa shape index (κ1) is 12.6. The SMILES string of the molecule is C/C=C/C(C)c1ccc(-c2ccccc2)c(F)c1. The van der Waals surface area contributed by atoms with E-state index in [2.05, 4.69) is 13.0 Å². The van der Waals surface area contributed by atoms with E-state index in [1.165, 1.54) is 0 Å². The van der Waals surface area contributed by atoms with E-state index in [-0.39, 0.29) is 11.7 Å². The number of allylic oxidation sites excluding steroid dienone is 2. The van der Waals surface area contributed by atoms with Crippen molar-refractivity contribution in [3.8, 4) is 11.1 Å². The van der Waals surface area contributed by atoms with Gasteiger partial charge in [-0.2, -0.15) is 0 Å². The fraction of sp³-hybridized carbons (Fsp3) is 0.176. The van der Waals surface area contributed by atoms with Gasteiger partial charge in [-0.05, 0) is 30.0 Å². The predicted octanol–water partition coefficient (Wildman–Crippen LogP) is 5.17. The summed E-state index contributed by atoms with van der Waals surface area (Å²) in [5.74, 6) is 0.0874. The Balaban J connectivity index is 2.37. The van der Waals surface area contributed by atoms with Gasteiger partial charge in [0, 0.05) is 5.56 Å². The molecule has 0 saturated carbocycles. The van der Waals surface area contributed by atoms with Crippen molar-refractivity contribution in [2.75, 3.05) is 0 Å². The maximum absolute atomic E-state index is 14.1. The van der Waals surface area contributed by atoms with Crippen LogP contribution in [0, 0.1) is 5.82 Å². The van der Waals surface area contributed by atoms with Crippen LogP contribution in [-0.2, 0) is 0 Å². The molecular formula is C17H17F. The van der Waals surface area contributed by atoms with E-state index in [9.17, 15) is 4.39 Å². The van der Waals surface area contributed by atoms with Crippen molar-refractivity contribution in [1.29, 1.82) is 0 Å². The highest BCUT2D eigenvalue weighted by molar-refractivity contribution is 5.64. The van der Waals surface area contributed by atoms with Gasteiger partial charge in [-0.25, -0.2) is 4.39 Å². The van der Waals surface area contributed by atoms with Crippen LogP contribution in [0.4, 0.5) is 4.39 Å². The fourth-order valence-electron chi connectivity index (χ4n) is 2.07. The highest BCUT2D eigenvalue weighted by atomic mass is 19.1. The molecule has 0 aromatic heterocycles. The predicted molar refractivity (Wildman–Crippen MR) is 75.1 cm³/mol. The zero-order valence-electron chi connectivity index (χ0n) is 10.7. The van der Waals surface area contributed by atoms with Gasteiger partial charge in [0.25, 0.3) is 0 Å². The molecule has 0 spiro atoms. The van der Waals surface area contributed by atoms with Crippen LogP contribution in [0.15, 0.2) is 60.7 Å². The van der Waals surface area contributed by atoms with Crippen LogP contribution in [0.1, 0.15) is 25.3 Å². The topological polar surface area (TPSA) is 0 Å². The van der Waals surface area contributed by atoms with Crippen molar-refractivity contribution >= 4 is 0 Å². The van der Waals surface area contributed by atoms with Crippen molar-refractivity contribution in [3.63, 3.8) is 0 Å². The van der Waals surface area contributed by atoms with Crippen molar-refractivity contribution in [3.05, 3.63) is 72.1 Å². The lowest BCUT2D eigenvalue weighted by Gasteiger charge is -2.09. The first-order valence-corrected chi connectivity index (χ1v) is 6.20. The number of hydrogen-bond donors (Lipinski definition) is 0. The number of rotatable bonds is 3. The molecule has 0 aliphatic rings. The Morgan fingerprint density at radius 3 is 2.39 bits per heavy atom. The molecule has 0 amide bonds. The van der Waals surface area contributed by atoms with E-state index >= 15 is 0 Å². The molecule has 18 heavy (non-hydrogen) atoms. The molecule has 2 rings (SSSR count). The summed E-state index contributed by atoms with van der Waals surface area (Å²) >= 11 is 0. The Kier molecular flexibility index (Phi) is 3.93. The van der Waals surface area contributed by atoms with Gasteiger partial charge in [-0.3, -0.25) is 0 Å². The van der Waals surface area contributed by atoms with Gasteiger partial charge >= 0.3 is 0 Å². The summed E-state index contributed by atoms with van der Waals surface area (Å²) in [7, 11) is 0. The van der Waals surface area contributed by atoms with Gasteiger partial charge in [-0.15, -0.1) is 0 Å². The molecule has 2 aromatic rings. The molecule has 0 fully saturated rings. The smallest absolute Gasteiger partial charge is 0.131 e. The molecule has 0 heterocycles. The van der Waals surface area contributed by atoms with Crippen molar-refractivity contribution in [2.24, 2.45) is 0 Å². The summed E-state index contributed by atoms with van der Waals surface area (Å²) in [4.78, 5) is 0. The monoisotopic (exact) mass is 240 g/mol. The molecule has 1 unspecified atom stereocenters. The van der Waals surface area contributed by atoms with Crippen LogP contribution in [0.5, 0.6) is 0 Å². The average Bonchev–Trinajstić information content (AvgIpc) is 2.40. The summed E-state index contributed by atoms with van der Waals surface area (Å²) in [6.07, 6.45) is 4.06. The average molecular weight is 240 g/mol. The molecule has 0 N–H and O–H groups in total. The fourth-order valence-corrected chi connectivity index (χ4v) is 2.07. The summed E-state index contributed by atoms with van der Waals surface area (Å²) < 4.78 is 14.1. The molecule has 1 atom stereocenters. The van der Waals surface area contributed by atoms with Crippen LogP contribution >= 0.6 is 0 Å². The standard InChI is InChI=1S/C17H17F/c1-3-7-13(2)15-10-11-16(17(18)12-15)14-8-5-4-6-9-14/h3-13H,1-2H3/b7-3+. The van der Waals surface area contributed by atoms with Crippen molar-refractivity contribution in [1.82, 2.24) is 0 Å². The minimum atomic E-state index is -0.157. The second-order valence-corrected chi connectivity index (χ2v) is 4.42. The van der Waals surface area contributed by atoms with Crippen LogP contribution in [0.3, 0.4) is 0 Å². The molecule has 2 aromatic carbocycles. The van der Waals surface area contributed by atoms with Gasteiger partial charge in [-0.1, -0.05) is 61.5 Å². The molecule has 0 radical (unpaired) electrons. The van der Waals surface area contributed by atoms with Gasteiger partial charge in [0.05, 0.1) is 0 Å². The Morgan fingerprint density at radius 2 is 1.78 bits per heavy atom. The van der Waals surface area contributed by atoms with E-state index in [1.807, 2.05) is 55.5 Å². The van der Waals surface area contributed by atoms with Crippen molar-refractivity contribution < 1.29 is 4.39 Å². The van der Waals surface area contributed by atoms with E-state index in [1.54, 1.807) is 6.07 Å². The third-order valence-corrected chi connectivity index (χ3v) is 3.08. The number of halogens is 1. The van der Waals surface area contributed by atoms with Crippen LogP contribution in [0.25, 0.3) is 11.1 Å². The highest BCUT2D eigenvalue weighted by Crippen LogP contribution is 2.26. The lowest BCUT2D eigenvalue weighted by molar-refractivity contribution is 0.628. The quantitative estimate of drug-likeness (QED) is 0.649. The first-order chi connectivity index (χ1) is 8.72. The minimum absolute atomic E-state index is 0.157. The van der Waals surface area contributed by atoms with Crippen LogP contribution in [-0.4, -0.2) is 0 Å². The van der Waals surface area contributed by atoms with Crippen LogP contribution < -0.4 is 0 Å². The summed E-state index contributed by atoms with van der Waals surface area (Å²) in [5, 5.41) is 0. The van der Waals surface area contributed by atoms with Crippen molar-refractivity contribution in [2.45, 2.75) is 19.8 Å². The number of hydrogen-bond acceptors (Lipinski definition) is 0. The molecule has 0 bridgehead atoms. The second-order valence-electron chi connectivity index (χ2n) is 4.42. The summed E-state index contributed by atoms with van der Waals surface area (Å²) in [6, 6.07) is 15.1. The zero-order chi connectivity index (χ0) is 13.0. The van der Waals surface area contributed by atoms with Gasteiger partial charge in [0.15, 0.2) is 0 Å². The second kappa shape index (κ2) is 5.63. The highest BCUT2D eigenvalue weighted by Gasteiger charge is 2.08. The minimum Gasteiger partial charge on any atom is -0.206 e. The zero-order valence-corrected chi connectivity index (χ0v) is 10.7. The van der Waals surface area contributed by atoms with Crippen LogP contribution in [0.2, 0.25) is 0 Å². The Hall–Kier alpha value is -1.89. The molecule has 0 aliphatic heterocycles. The lowest BCUT2D eigenvalue weighted by Crippen LogP contribution is -1.92. The Bertz CT molecular complexity index is 541. The van der Waals surface area contributed by atoms with Gasteiger partial charge < -0.3 is 0 Å². The largest absolute Gasteiger partial charge is 0.206 e. The van der Waals surface area contributed by atoms with E-state index < -0.39 is 0 Å². The maximum Gasteiger partial charge on any atom is 0.131 e. The van der Waals surface area contributed by atoms with E-state index in [0.717, 1.165) is 11.1 Å². The van der Waals surface area contributed by atoms with E-state index in [4.69, 9.17) is 0 Å². The Morgan fingerprint density at radius 1 is 1.06 bits per heavy atom. The molecule has 1 heteroatoms. The van der Waals surface area contributed by atoms with Gasteiger partial charge in [0.2, 0.25) is 0 Å². The third kappa shape index (κ3) is 2.67. The van der Waals surface area contributed by atoms with Gasteiger partial charge in [0.1, 0.15) is 5.82 Å².